The molecule has 1 N–H and O–H groups in total. The lowest BCUT2D eigenvalue weighted by Crippen LogP contribution is -2.29. The molecule has 5 heteroatoms. The second-order valence-electron chi connectivity index (χ2n) is 6.97. The Balaban J connectivity index is 1.36. The van der Waals surface area contributed by atoms with E-state index in [2.05, 4.69) is 24.3 Å². The fourth-order valence-electron chi connectivity index (χ4n) is 3.73. The predicted molar refractivity (Wildman–Crippen MR) is 104 cm³/mol. The van der Waals surface area contributed by atoms with Gasteiger partial charge in [-0.15, -0.1) is 11.8 Å². The highest BCUT2D eigenvalue weighted by molar-refractivity contribution is 8.05. The van der Waals surface area contributed by atoms with Crippen LogP contribution in [0.1, 0.15) is 49.7 Å². The van der Waals surface area contributed by atoms with Crippen LogP contribution in [0.5, 0.6) is 0 Å². The monoisotopic (exact) mass is 371 g/mol. The molecule has 0 radical (unpaired) electrons. The van der Waals surface area contributed by atoms with Gasteiger partial charge in [-0.25, -0.2) is 4.79 Å². The second-order valence-corrected chi connectivity index (χ2v) is 7.75. The van der Waals surface area contributed by atoms with Crippen molar-refractivity contribution in [3.05, 3.63) is 58.1 Å². The molecule has 1 aromatic rings. The number of carbonyl (C=O) groups excluding carboxylic acids is 1. The predicted octanol–water partition coefficient (Wildman–Crippen LogP) is 4.71. The number of hydrogen-bond acceptors (Lipinski definition) is 3. The summed E-state index contributed by atoms with van der Waals surface area (Å²) in [5.74, 6) is -0.446. The van der Waals surface area contributed by atoms with E-state index in [1.165, 1.54) is 58.9 Å². The van der Waals surface area contributed by atoms with Crippen molar-refractivity contribution in [2.45, 2.75) is 51.4 Å². The van der Waals surface area contributed by atoms with Crippen molar-refractivity contribution in [2.24, 2.45) is 5.92 Å². The van der Waals surface area contributed by atoms with E-state index in [1.54, 1.807) is 11.6 Å². The maximum Gasteiger partial charge on any atom is 0.353 e. The van der Waals surface area contributed by atoms with Crippen molar-refractivity contribution < 1.29 is 14.7 Å². The van der Waals surface area contributed by atoms with Crippen molar-refractivity contribution >= 4 is 23.6 Å². The van der Waals surface area contributed by atoms with Crippen LogP contribution in [0, 0.1) is 5.92 Å². The van der Waals surface area contributed by atoms with Gasteiger partial charge >= 0.3 is 5.97 Å². The lowest BCUT2D eigenvalue weighted by atomic mass is 9.81. The summed E-state index contributed by atoms with van der Waals surface area (Å²) in [7, 11) is 0. The summed E-state index contributed by atoms with van der Waals surface area (Å²) in [5.41, 5.74) is 3.05. The van der Waals surface area contributed by atoms with E-state index in [4.69, 9.17) is 0 Å². The Morgan fingerprint density at radius 3 is 2.77 bits per heavy atom. The van der Waals surface area contributed by atoms with Crippen molar-refractivity contribution in [3.63, 3.8) is 0 Å². The Bertz CT molecular complexity index is 726. The molecule has 1 unspecified atom stereocenters. The highest BCUT2D eigenvalue weighted by atomic mass is 32.2. The van der Waals surface area contributed by atoms with E-state index in [0.717, 1.165) is 25.2 Å². The average molecular weight is 372 g/mol. The zero-order chi connectivity index (χ0) is 18.4. The van der Waals surface area contributed by atoms with Gasteiger partial charge in [-0.2, -0.15) is 0 Å². The molecule has 138 valence electrons. The fourth-order valence-corrected chi connectivity index (χ4v) is 4.35. The quantitative estimate of drug-likeness (QED) is 0.705. The van der Waals surface area contributed by atoms with Gasteiger partial charge in [0.1, 0.15) is 5.70 Å². The zero-order valence-corrected chi connectivity index (χ0v) is 15.7. The van der Waals surface area contributed by atoms with Crippen LogP contribution in [0.15, 0.2) is 47.0 Å². The van der Waals surface area contributed by atoms with Gasteiger partial charge in [0.15, 0.2) is 0 Å². The number of amides is 1. The number of carboxylic acid groups (broad SMARTS) is 1. The Kier molecular flexibility index (Phi) is 6.56. The first-order valence-electron chi connectivity index (χ1n) is 9.29. The first kappa shape index (κ1) is 18.8. The first-order valence-corrected chi connectivity index (χ1v) is 10.2. The van der Waals surface area contributed by atoms with Crippen LogP contribution in [-0.4, -0.2) is 21.9 Å². The van der Waals surface area contributed by atoms with Gasteiger partial charge in [-0.05, 0) is 48.1 Å². The molecule has 26 heavy (non-hydrogen) atoms. The molecular weight excluding hydrogens is 346 g/mol. The van der Waals surface area contributed by atoms with Crippen LogP contribution in [0.4, 0.5) is 0 Å². The van der Waals surface area contributed by atoms with Gasteiger partial charge in [-0.3, -0.25) is 9.69 Å². The molecule has 0 saturated heterocycles. The maximum absolute atomic E-state index is 12.3. The smallest absolute Gasteiger partial charge is 0.353 e. The third kappa shape index (κ3) is 4.79. The van der Waals surface area contributed by atoms with Gasteiger partial charge in [0, 0.05) is 18.0 Å². The van der Waals surface area contributed by atoms with Crippen LogP contribution in [-0.2, 0) is 22.4 Å². The van der Waals surface area contributed by atoms with Crippen LogP contribution in [0.2, 0.25) is 0 Å². The van der Waals surface area contributed by atoms with Gasteiger partial charge < -0.3 is 5.11 Å². The molecule has 1 amide bonds. The standard InChI is InChI=1S/C21H25NO3S/c23-20(22-12-13-26-15-19(22)21(24)25)9-3-1-2-6-16-10-11-17-7-4-5-8-18(17)14-16/h4-5,7-8,12-13,15-16H,1-3,6,9-11,14H2,(H,24,25). The topological polar surface area (TPSA) is 57.6 Å². The molecule has 2 aliphatic rings. The Hall–Kier alpha value is -2.01. The number of thioether (sulfide) groups is 1. The largest absolute Gasteiger partial charge is 0.477 e. The molecule has 1 aliphatic heterocycles. The minimum absolute atomic E-state index is 0.0448. The number of rotatable bonds is 7. The van der Waals surface area contributed by atoms with E-state index < -0.39 is 5.97 Å². The Morgan fingerprint density at radius 2 is 1.96 bits per heavy atom. The first-order chi connectivity index (χ1) is 12.6. The zero-order valence-electron chi connectivity index (χ0n) is 14.9. The summed E-state index contributed by atoms with van der Waals surface area (Å²) in [4.78, 5) is 24.7. The average Bonchev–Trinajstić information content (AvgIpc) is 2.67. The van der Waals surface area contributed by atoms with Gasteiger partial charge in [0.25, 0.3) is 0 Å². The number of aryl methyl sites for hydroxylation is 1. The highest BCUT2D eigenvalue weighted by Crippen LogP contribution is 2.29. The Morgan fingerprint density at radius 1 is 1.15 bits per heavy atom. The van der Waals surface area contributed by atoms with Gasteiger partial charge in [0.2, 0.25) is 5.91 Å². The van der Waals surface area contributed by atoms with Crippen LogP contribution >= 0.6 is 11.8 Å². The van der Waals surface area contributed by atoms with E-state index >= 15 is 0 Å². The summed E-state index contributed by atoms with van der Waals surface area (Å²) in [6.07, 6.45) is 9.74. The number of hydrogen-bond donors (Lipinski definition) is 1. The van der Waals surface area contributed by atoms with E-state index in [-0.39, 0.29) is 11.6 Å². The van der Waals surface area contributed by atoms with E-state index in [9.17, 15) is 14.7 Å². The normalized spacial score (nSPS) is 19.0. The van der Waals surface area contributed by atoms with Gasteiger partial charge in [0.05, 0.1) is 0 Å². The molecule has 0 fully saturated rings. The summed E-state index contributed by atoms with van der Waals surface area (Å²) < 4.78 is 0. The number of benzene rings is 1. The molecule has 3 rings (SSSR count). The molecular formula is C21H25NO3S. The number of aliphatic carboxylic acids is 1. The molecule has 1 heterocycles. The van der Waals surface area contributed by atoms with Crippen molar-refractivity contribution in [2.75, 3.05) is 0 Å². The summed E-state index contributed by atoms with van der Waals surface area (Å²) in [6.45, 7) is 0. The molecule has 1 aromatic carbocycles. The number of unbranched alkanes of at least 4 members (excludes halogenated alkanes) is 2. The van der Waals surface area contributed by atoms with Crippen molar-refractivity contribution in [1.82, 2.24) is 4.90 Å². The molecule has 0 saturated carbocycles. The van der Waals surface area contributed by atoms with Crippen LogP contribution < -0.4 is 0 Å². The second kappa shape index (κ2) is 9.08. The minimum Gasteiger partial charge on any atom is -0.477 e. The molecule has 1 aliphatic carbocycles. The molecule has 1 atom stereocenters. The van der Waals surface area contributed by atoms with Crippen LogP contribution in [0.25, 0.3) is 0 Å². The SMILES string of the molecule is O=C(O)C1=CSC=CN1C(=O)CCCCCC1CCc2ccccc2C1. The van der Waals surface area contributed by atoms with Crippen LogP contribution in [0.3, 0.4) is 0 Å². The fraction of sp³-hybridized carbons (Fsp3) is 0.429. The van der Waals surface area contributed by atoms with Crippen molar-refractivity contribution in [3.8, 4) is 0 Å². The summed E-state index contributed by atoms with van der Waals surface area (Å²) in [6, 6.07) is 8.74. The Labute approximate surface area is 159 Å². The molecule has 0 spiro atoms. The highest BCUT2D eigenvalue weighted by Gasteiger charge is 2.23. The number of carbonyl (C=O) groups is 2. The van der Waals surface area contributed by atoms with E-state index in [1.807, 2.05) is 0 Å². The summed E-state index contributed by atoms with van der Waals surface area (Å²) in [5, 5.41) is 12.4. The minimum atomic E-state index is -1.06. The lowest BCUT2D eigenvalue weighted by molar-refractivity contribution is -0.138. The maximum atomic E-state index is 12.3. The number of carboxylic acids is 1. The lowest BCUT2D eigenvalue weighted by Gasteiger charge is -2.24. The van der Waals surface area contributed by atoms with Gasteiger partial charge in [-0.1, -0.05) is 43.5 Å². The molecule has 0 bridgehead atoms. The number of fused-ring (bicyclic) bond motifs is 1. The van der Waals surface area contributed by atoms with Crippen molar-refractivity contribution in [1.29, 1.82) is 0 Å². The third-order valence-corrected chi connectivity index (χ3v) is 5.81. The van der Waals surface area contributed by atoms with E-state index in [0.29, 0.717) is 6.42 Å². The molecule has 0 aromatic heterocycles. The molecule has 4 nitrogen and oxygen atoms in total. The number of nitrogens with zero attached hydrogens (tertiary/aromatic N) is 1. The summed E-state index contributed by atoms with van der Waals surface area (Å²) >= 11 is 1.28. The third-order valence-electron chi connectivity index (χ3n) is 5.17.